The van der Waals surface area contributed by atoms with Gasteiger partial charge in [0.1, 0.15) is 5.75 Å². The molecule has 26 heavy (non-hydrogen) atoms. The molecule has 0 aliphatic carbocycles. The third-order valence-corrected chi connectivity index (χ3v) is 4.78. The number of hydrogen-bond acceptors (Lipinski definition) is 3. The van der Waals surface area contributed by atoms with E-state index in [9.17, 15) is 4.79 Å². The van der Waals surface area contributed by atoms with Gasteiger partial charge in [0.25, 0.3) is 5.91 Å². The van der Waals surface area contributed by atoms with Crippen molar-refractivity contribution in [2.24, 2.45) is 0 Å². The second kappa shape index (κ2) is 8.75. The number of hydrogen-bond donors (Lipinski definition) is 1. The third kappa shape index (κ3) is 4.78. The van der Waals surface area contributed by atoms with Crippen molar-refractivity contribution in [3.63, 3.8) is 0 Å². The molecule has 2 aromatic carbocycles. The zero-order chi connectivity index (χ0) is 18.4. The van der Waals surface area contributed by atoms with Gasteiger partial charge in [0, 0.05) is 25.3 Å². The molecule has 0 unspecified atom stereocenters. The first-order valence-electron chi connectivity index (χ1n) is 9.47. The summed E-state index contributed by atoms with van der Waals surface area (Å²) in [5, 5.41) is 2.99. The fraction of sp³-hybridized carbons (Fsp3) is 0.409. The number of anilines is 1. The number of amides is 1. The Kier molecular flexibility index (Phi) is 6.16. The number of nitrogens with one attached hydrogen (secondary N) is 1. The van der Waals surface area contributed by atoms with Crippen molar-refractivity contribution >= 4 is 11.6 Å². The van der Waals surface area contributed by atoms with E-state index in [1.807, 2.05) is 31.2 Å². The fourth-order valence-corrected chi connectivity index (χ4v) is 3.42. The molecular formula is C22H28N2O2. The Hall–Kier alpha value is -2.49. The first-order valence-corrected chi connectivity index (χ1v) is 9.47. The molecule has 1 aliphatic rings. The van der Waals surface area contributed by atoms with Crippen LogP contribution in [-0.4, -0.2) is 31.6 Å². The predicted molar refractivity (Wildman–Crippen MR) is 106 cm³/mol. The Morgan fingerprint density at radius 3 is 2.92 bits per heavy atom. The summed E-state index contributed by atoms with van der Waals surface area (Å²) < 4.78 is 5.73. The SMILES string of the molecule is Cc1cccc(O[C@H](C)C(=O)NCCCN2CCCc3ccccc32)c1. The molecule has 138 valence electrons. The van der Waals surface area contributed by atoms with E-state index < -0.39 is 6.10 Å². The first kappa shape index (κ1) is 18.3. The van der Waals surface area contributed by atoms with Crippen LogP contribution in [0.25, 0.3) is 0 Å². The maximum absolute atomic E-state index is 12.2. The van der Waals surface area contributed by atoms with E-state index in [-0.39, 0.29) is 5.91 Å². The van der Waals surface area contributed by atoms with Crippen LogP contribution in [0, 0.1) is 6.92 Å². The van der Waals surface area contributed by atoms with Crippen molar-refractivity contribution in [2.75, 3.05) is 24.5 Å². The Balaban J connectivity index is 1.41. The largest absolute Gasteiger partial charge is 0.481 e. The van der Waals surface area contributed by atoms with Crippen LogP contribution in [0.2, 0.25) is 0 Å². The van der Waals surface area contributed by atoms with Gasteiger partial charge in [0.15, 0.2) is 6.10 Å². The fourth-order valence-electron chi connectivity index (χ4n) is 3.42. The monoisotopic (exact) mass is 352 g/mol. The lowest BCUT2D eigenvalue weighted by Crippen LogP contribution is -2.38. The number of fused-ring (bicyclic) bond motifs is 1. The van der Waals surface area contributed by atoms with Crippen molar-refractivity contribution < 1.29 is 9.53 Å². The Morgan fingerprint density at radius 1 is 1.23 bits per heavy atom. The summed E-state index contributed by atoms with van der Waals surface area (Å²) in [6.07, 6.45) is 2.80. The van der Waals surface area contributed by atoms with Gasteiger partial charge in [-0.25, -0.2) is 0 Å². The quantitative estimate of drug-likeness (QED) is 0.772. The molecule has 1 amide bonds. The molecule has 0 saturated heterocycles. The zero-order valence-corrected chi connectivity index (χ0v) is 15.7. The molecule has 1 aliphatic heterocycles. The molecule has 2 aromatic rings. The van der Waals surface area contributed by atoms with E-state index in [1.165, 1.54) is 17.7 Å². The average molecular weight is 352 g/mol. The van der Waals surface area contributed by atoms with E-state index in [0.29, 0.717) is 6.54 Å². The minimum atomic E-state index is -0.493. The summed E-state index contributed by atoms with van der Waals surface area (Å²) in [5.74, 6) is 0.670. The number of ether oxygens (including phenoxy) is 1. The van der Waals surface area contributed by atoms with Crippen LogP contribution in [0.5, 0.6) is 5.75 Å². The van der Waals surface area contributed by atoms with Gasteiger partial charge >= 0.3 is 0 Å². The molecule has 1 atom stereocenters. The van der Waals surface area contributed by atoms with E-state index >= 15 is 0 Å². The molecular weight excluding hydrogens is 324 g/mol. The Labute approximate surface area is 156 Å². The molecule has 0 spiro atoms. The minimum absolute atomic E-state index is 0.0643. The van der Waals surface area contributed by atoms with Gasteiger partial charge in [0.05, 0.1) is 0 Å². The molecule has 4 nitrogen and oxygen atoms in total. The molecule has 4 heteroatoms. The second-order valence-electron chi connectivity index (χ2n) is 6.94. The highest BCUT2D eigenvalue weighted by molar-refractivity contribution is 5.80. The second-order valence-corrected chi connectivity index (χ2v) is 6.94. The van der Waals surface area contributed by atoms with Gasteiger partial charge in [0.2, 0.25) is 0 Å². The predicted octanol–water partition coefficient (Wildman–Crippen LogP) is 3.72. The van der Waals surface area contributed by atoms with Crippen LogP contribution in [0.4, 0.5) is 5.69 Å². The van der Waals surface area contributed by atoms with Crippen LogP contribution in [-0.2, 0) is 11.2 Å². The molecule has 3 rings (SSSR count). The molecule has 1 N–H and O–H groups in total. The zero-order valence-electron chi connectivity index (χ0n) is 15.7. The lowest BCUT2D eigenvalue weighted by molar-refractivity contribution is -0.127. The Bertz CT molecular complexity index is 744. The number of carbonyl (C=O) groups excluding carboxylic acids is 1. The Morgan fingerprint density at radius 2 is 2.08 bits per heavy atom. The van der Waals surface area contributed by atoms with Crippen molar-refractivity contribution in [3.8, 4) is 5.75 Å². The van der Waals surface area contributed by atoms with Crippen LogP contribution < -0.4 is 15.0 Å². The molecule has 0 aromatic heterocycles. The van der Waals surface area contributed by atoms with Gasteiger partial charge in [-0.15, -0.1) is 0 Å². The maximum atomic E-state index is 12.2. The van der Waals surface area contributed by atoms with Gasteiger partial charge in [-0.05, 0) is 62.4 Å². The number of aryl methyl sites for hydroxylation is 2. The molecule has 0 radical (unpaired) electrons. The number of benzene rings is 2. The smallest absolute Gasteiger partial charge is 0.260 e. The highest BCUT2D eigenvalue weighted by atomic mass is 16.5. The van der Waals surface area contributed by atoms with Gasteiger partial charge in [-0.2, -0.15) is 0 Å². The summed E-state index contributed by atoms with van der Waals surface area (Å²) in [4.78, 5) is 14.7. The van der Waals surface area contributed by atoms with Gasteiger partial charge in [-0.1, -0.05) is 30.3 Å². The number of rotatable bonds is 7. The van der Waals surface area contributed by atoms with Gasteiger partial charge < -0.3 is 15.0 Å². The normalized spacial score (nSPS) is 14.5. The van der Waals surface area contributed by atoms with Crippen molar-refractivity contribution in [3.05, 3.63) is 59.7 Å². The highest BCUT2D eigenvalue weighted by Gasteiger charge is 2.17. The summed E-state index contributed by atoms with van der Waals surface area (Å²) in [5.41, 5.74) is 3.90. The minimum Gasteiger partial charge on any atom is -0.481 e. The van der Waals surface area contributed by atoms with Crippen LogP contribution >= 0.6 is 0 Å². The summed E-state index contributed by atoms with van der Waals surface area (Å²) in [7, 11) is 0. The third-order valence-electron chi connectivity index (χ3n) is 4.78. The highest BCUT2D eigenvalue weighted by Crippen LogP contribution is 2.26. The lowest BCUT2D eigenvalue weighted by Gasteiger charge is -2.31. The number of nitrogens with zero attached hydrogens (tertiary/aromatic N) is 1. The van der Waals surface area contributed by atoms with Crippen molar-refractivity contribution in [2.45, 2.75) is 39.2 Å². The van der Waals surface area contributed by atoms with E-state index in [1.54, 1.807) is 6.92 Å². The number of carbonyl (C=O) groups is 1. The van der Waals surface area contributed by atoms with Crippen LogP contribution in [0.15, 0.2) is 48.5 Å². The van der Waals surface area contributed by atoms with Gasteiger partial charge in [-0.3, -0.25) is 4.79 Å². The standard InChI is InChI=1S/C22H28N2O2/c1-17-8-5-11-20(16-17)26-18(2)22(25)23-13-7-15-24-14-6-10-19-9-3-4-12-21(19)24/h3-5,8-9,11-12,16,18H,6-7,10,13-15H2,1-2H3,(H,23,25)/t18-/m1/s1. The lowest BCUT2D eigenvalue weighted by atomic mass is 10.0. The van der Waals surface area contributed by atoms with E-state index in [0.717, 1.165) is 37.2 Å². The first-order chi connectivity index (χ1) is 12.6. The molecule has 0 saturated carbocycles. The molecule has 1 heterocycles. The number of para-hydroxylation sites is 1. The van der Waals surface area contributed by atoms with Crippen molar-refractivity contribution in [1.82, 2.24) is 5.32 Å². The van der Waals surface area contributed by atoms with Crippen LogP contribution in [0.3, 0.4) is 0 Å². The summed E-state index contributed by atoms with van der Waals surface area (Å²) in [6.45, 7) is 6.52. The van der Waals surface area contributed by atoms with E-state index in [2.05, 4.69) is 34.5 Å². The maximum Gasteiger partial charge on any atom is 0.260 e. The summed E-state index contributed by atoms with van der Waals surface area (Å²) >= 11 is 0. The van der Waals surface area contributed by atoms with Crippen LogP contribution in [0.1, 0.15) is 30.9 Å². The molecule has 0 bridgehead atoms. The molecule has 0 fully saturated rings. The summed E-state index contributed by atoms with van der Waals surface area (Å²) in [6, 6.07) is 16.4. The topological polar surface area (TPSA) is 41.6 Å². The van der Waals surface area contributed by atoms with Crippen molar-refractivity contribution in [1.29, 1.82) is 0 Å². The van der Waals surface area contributed by atoms with E-state index in [4.69, 9.17) is 4.74 Å². The average Bonchev–Trinajstić information content (AvgIpc) is 2.65.